The highest BCUT2D eigenvalue weighted by atomic mass is 35.5. The molecule has 0 N–H and O–H groups in total. The van der Waals surface area contributed by atoms with Gasteiger partial charge >= 0.3 is 0 Å². The van der Waals surface area contributed by atoms with Gasteiger partial charge in [-0.1, -0.05) is 56.0 Å². The molecule has 19 heavy (non-hydrogen) atoms. The monoisotopic (exact) mass is 276 g/mol. The van der Waals surface area contributed by atoms with Crippen LogP contribution in [0.25, 0.3) is 0 Å². The average molecular weight is 277 g/mol. The van der Waals surface area contributed by atoms with Gasteiger partial charge in [0.15, 0.2) is 0 Å². The number of hydrogen-bond acceptors (Lipinski definition) is 1. The summed E-state index contributed by atoms with van der Waals surface area (Å²) in [5.41, 5.74) is 2.31. The van der Waals surface area contributed by atoms with Crippen LogP contribution in [0, 0.1) is 6.92 Å². The topological polar surface area (TPSA) is 9.23 Å². The molecule has 0 aliphatic heterocycles. The van der Waals surface area contributed by atoms with Crippen molar-refractivity contribution in [2.45, 2.75) is 26.9 Å². The lowest BCUT2D eigenvalue weighted by molar-refractivity contribution is 0.201. The zero-order valence-electron chi connectivity index (χ0n) is 10.5. The zero-order valence-corrected chi connectivity index (χ0v) is 11.2. The van der Waals surface area contributed by atoms with E-state index in [1.807, 2.05) is 36.4 Å². The van der Waals surface area contributed by atoms with Crippen LogP contribution < -0.4 is 4.74 Å². The molecular formula is C17H21ClO. The van der Waals surface area contributed by atoms with E-state index in [1.54, 1.807) is 0 Å². The molecule has 1 unspecified atom stereocenters. The second kappa shape index (κ2) is 7.85. The van der Waals surface area contributed by atoms with Gasteiger partial charge in [-0.2, -0.15) is 0 Å². The summed E-state index contributed by atoms with van der Waals surface area (Å²) < 4.78 is 6.09. The van der Waals surface area contributed by atoms with E-state index in [0.29, 0.717) is 5.88 Å². The molecule has 0 aromatic heterocycles. The molecule has 0 bridgehead atoms. The van der Waals surface area contributed by atoms with Crippen LogP contribution in [0.4, 0.5) is 0 Å². The first kappa shape index (κ1) is 15.6. The molecule has 102 valence electrons. The Morgan fingerprint density at radius 2 is 1.63 bits per heavy atom. The van der Waals surface area contributed by atoms with Crippen molar-refractivity contribution in [1.29, 1.82) is 0 Å². The maximum absolute atomic E-state index is 6.09. The third-order valence-corrected chi connectivity index (χ3v) is 3.12. The van der Waals surface area contributed by atoms with Crippen LogP contribution in [0.15, 0.2) is 54.6 Å². The van der Waals surface area contributed by atoms with Crippen LogP contribution in [0.3, 0.4) is 0 Å². The summed E-state index contributed by atoms with van der Waals surface area (Å²) in [6.07, 6.45) is 0.824. The molecule has 2 heteroatoms. The predicted octanol–water partition coefficient (Wildman–Crippen LogP) is 5.38. The molecule has 1 atom stereocenters. The first-order valence-electron chi connectivity index (χ1n) is 6.14. The number of benzene rings is 2. The van der Waals surface area contributed by atoms with E-state index in [0.717, 1.165) is 17.7 Å². The molecule has 2 aromatic rings. The van der Waals surface area contributed by atoms with Gasteiger partial charge < -0.3 is 4.74 Å². The van der Waals surface area contributed by atoms with E-state index in [9.17, 15) is 0 Å². The van der Waals surface area contributed by atoms with Crippen molar-refractivity contribution in [2.24, 2.45) is 0 Å². The van der Waals surface area contributed by atoms with Crippen molar-refractivity contribution in [3.63, 3.8) is 0 Å². The Morgan fingerprint density at radius 3 is 2.26 bits per heavy atom. The SMILES string of the molecule is C.Cc1ccccc1OC(CCCl)c1ccccc1. The van der Waals surface area contributed by atoms with Gasteiger partial charge in [-0.3, -0.25) is 0 Å². The Labute approximate surface area is 121 Å². The molecule has 1 nitrogen and oxygen atoms in total. The van der Waals surface area contributed by atoms with Gasteiger partial charge in [0.2, 0.25) is 0 Å². The molecule has 2 aromatic carbocycles. The van der Waals surface area contributed by atoms with Crippen LogP contribution in [0.1, 0.15) is 31.1 Å². The van der Waals surface area contributed by atoms with Crippen molar-refractivity contribution >= 4 is 11.6 Å². The fourth-order valence-electron chi connectivity index (χ4n) is 1.90. The van der Waals surface area contributed by atoms with Gasteiger partial charge in [-0.25, -0.2) is 0 Å². The van der Waals surface area contributed by atoms with E-state index in [-0.39, 0.29) is 13.5 Å². The zero-order chi connectivity index (χ0) is 12.8. The standard InChI is InChI=1S/C16H17ClO.CH4/c1-13-7-5-6-10-15(13)18-16(11-12-17)14-8-3-2-4-9-14;/h2-10,16H,11-12H2,1H3;1H4. The third kappa shape index (κ3) is 4.29. The smallest absolute Gasteiger partial charge is 0.125 e. The highest BCUT2D eigenvalue weighted by Crippen LogP contribution is 2.27. The summed E-state index contributed by atoms with van der Waals surface area (Å²) in [4.78, 5) is 0. The second-order valence-electron chi connectivity index (χ2n) is 4.26. The summed E-state index contributed by atoms with van der Waals surface area (Å²) in [5.74, 6) is 1.52. The van der Waals surface area contributed by atoms with Crippen LogP contribution in [-0.2, 0) is 0 Å². The summed E-state index contributed by atoms with van der Waals surface area (Å²) in [6, 6.07) is 18.3. The van der Waals surface area contributed by atoms with Crippen LogP contribution in [0.2, 0.25) is 0 Å². The van der Waals surface area contributed by atoms with Crippen molar-refractivity contribution < 1.29 is 4.74 Å². The molecule has 2 rings (SSSR count). The largest absolute Gasteiger partial charge is 0.485 e. The normalized spacial score (nSPS) is 11.5. The minimum absolute atomic E-state index is 0. The minimum Gasteiger partial charge on any atom is -0.485 e. The third-order valence-electron chi connectivity index (χ3n) is 2.91. The fourth-order valence-corrected chi connectivity index (χ4v) is 2.10. The maximum atomic E-state index is 6.09. The highest BCUT2D eigenvalue weighted by Gasteiger charge is 2.13. The lowest BCUT2D eigenvalue weighted by Gasteiger charge is -2.20. The van der Waals surface area contributed by atoms with Gasteiger partial charge in [-0.15, -0.1) is 11.6 Å². The molecule has 0 radical (unpaired) electrons. The van der Waals surface area contributed by atoms with Crippen LogP contribution in [0.5, 0.6) is 5.75 Å². The number of halogens is 1. The Hall–Kier alpha value is -1.47. The first-order chi connectivity index (χ1) is 8.81. The summed E-state index contributed by atoms with van der Waals surface area (Å²) >= 11 is 5.87. The van der Waals surface area contributed by atoms with Crippen LogP contribution >= 0.6 is 11.6 Å². The number of ether oxygens (including phenoxy) is 1. The van der Waals surface area contributed by atoms with E-state index < -0.39 is 0 Å². The lowest BCUT2D eigenvalue weighted by Crippen LogP contribution is -2.09. The van der Waals surface area contributed by atoms with Gasteiger partial charge in [0, 0.05) is 12.3 Å². The Morgan fingerprint density at radius 1 is 1.00 bits per heavy atom. The average Bonchev–Trinajstić information content (AvgIpc) is 2.42. The highest BCUT2D eigenvalue weighted by molar-refractivity contribution is 6.17. The fraction of sp³-hybridized carbons (Fsp3) is 0.294. The number of rotatable bonds is 5. The van der Waals surface area contributed by atoms with Crippen molar-refractivity contribution in [3.8, 4) is 5.75 Å². The molecule has 0 saturated carbocycles. The number of hydrogen-bond donors (Lipinski definition) is 0. The molecule has 0 fully saturated rings. The van der Waals surface area contributed by atoms with E-state index >= 15 is 0 Å². The number of alkyl halides is 1. The first-order valence-corrected chi connectivity index (χ1v) is 6.68. The molecule has 0 amide bonds. The van der Waals surface area contributed by atoms with E-state index in [2.05, 4.69) is 25.1 Å². The molecule has 0 heterocycles. The molecule has 0 spiro atoms. The molecule has 0 aliphatic carbocycles. The predicted molar refractivity (Wildman–Crippen MR) is 83.1 cm³/mol. The Bertz CT molecular complexity index is 482. The Kier molecular flexibility index (Phi) is 6.44. The van der Waals surface area contributed by atoms with Gasteiger partial charge in [0.05, 0.1) is 0 Å². The summed E-state index contributed by atoms with van der Waals surface area (Å²) in [6.45, 7) is 2.05. The number of para-hydroxylation sites is 1. The van der Waals surface area contributed by atoms with Gasteiger partial charge in [0.1, 0.15) is 11.9 Å². The second-order valence-corrected chi connectivity index (χ2v) is 4.64. The van der Waals surface area contributed by atoms with Crippen molar-refractivity contribution in [2.75, 3.05) is 5.88 Å². The number of aryl methyl sites for hydroxylation is 1. The van der Waals surface area contributed by atoms with Crippen molar-refractivity contribution in [3.05, 3.63) is 65.7 Å². The lowest BCUT2D eigenvalue weighted by atomic mass is 10.1. The van der Waals surface area contributed by atoms with Crippen molar-refractivity contribution in [1.82, 2.24) is 0 Å². The van der Waals surface area contributed by atoms with E-state index in [4.69, 9.17) is 16.3 Å². The summed E-state index contributed by atoms with van der Waals surface area (Å²) in [5, 5.41) is 0. The van der Waals surface area contributed by atoms with E-state index in [1.165, 1.54) is 5.56 Å². The van der Waals surface area contributed by atoms with Crippen LogP contribution in [-0.4, -0.2) is 5.88 Å². The minimum atomic E-state index is 0. The Balaban J connectivity index is 0.00000180. The molecular weight excluding hydrogens is 256 g/mol. The quantitative estimate of drug-likeness (QED) is 0.666. The molecule has 0 saturated heterocycles. The molecule has 0 aliphatic rings. The van der Waals surface area contributed by atoms with Gasteiger partial charge in [0.25, 0.3) is 0 Å². The summed E-state index contributed by atoms with van der Waals surface area (Å²) in [7, 11) is 0. The maximum Gasteiger partial charge on any atom is 0.125 e. The van der Waals surface area contributed by atoms with Gasteiger partial charge in [-0.05, 0) is 24.1 Å².